The summed E-state index contributed by atoms with van der Waals surface area (Å²) in [6.45, 7) is 0. The standard InChI is InChI=1S/C13H15BrN2/c1-16(12-4-2-3-5-12)13-8-11(14)7-6-10(13)9-15/h6-8,12H,2-5H2,1H3. The van der Waals surface area contributed by atoms with Crippen LogP contribution in [0.4, 0.5) is 5.69 Å². The molecule has 2 rings (SSSR count). The maximum absolute atomic E-state index is 9.11. The third kappa shape index (κ3) is 2.22. The third-order valence-electron chi connectivity index (χ3n) is 3.33. The summed E-state index contributed by atoms with van der Waals surface area (Å²) < 4.78 is 1.03. The van der Waals surface area contributed by atoms with Gasteiger partial charge in [-0.25, -0.2) is 0 Å². The van der Waals surface area contributed by atoms with Crippen LogP contribution in [0.25, 0.3) is 0 Å². The Labute approximate surface area is 105 Å². The largest absolute Gasteiger partial charge is 0.371 e. The van der Waals surface area contributed by atoms with Gasteiger partial charge in [-0.3, -0.25) is 0 Å². The van der Waals surface area contributed by atoms with Gasteiger partial charge in [0.25, 0.3) is 0 Å². The minimum absolute atomic E-state index is 0.599. The maximum atomic E-state index is 9.11. The zero-order valence-electron chi connectivity index (χ0n) is 9.41. The van der Waals surface area contributed by atoms with Crippen molar-refractivity contribution < 1.29 is 0 Å². The van der Waals surface area contributed by atoms with Crippen molar-refractivity contribution >= 4 is 21.6 Å². The van der Waals surface area contributed by atoms with E-state index in [0.29, 0.717) is 6.04 Å². The monoisotopic (exact) mass is 278 g/mol. The van der Waals surface area contributed by atoms with Crippen LogP contribution in [0.5, 0.6) is 0 Å². The molecule has 0 aliphatic heterocycles. The van der Waals surface area contributed by atoms with Crippen LogP contribution in [-0.2, 0) is 0 Å². The summed E-state index contributed by atoms with van der Waals surface area (Å²) in [7, 11) is 2.10. The van der Waals surface area contributed by atoms with Gasteiger partial charge in [0, 0.05) is 17.6 Å². The molecular formula is C13H15BrN2. The number of hydrogen-bond donors (Lipinski definition) is 0. The van der Waals surface area contributed by atoms with Crippen LogP contribution >= 0.6 is 15.9 Å². The predicted octanol–water partition coefficient (Wildman–Crippen LogP) is 3.70. The lowest BCUT2D eigenvalue weighted by Crippen LogP contribution is -2.29. The van der Waals surface area contributed by atoms with E-state index in [2.05, 4.69) is 33.9 Å². The van der Waals surface area contributed by atoms with Gasteiger partial charge in [0.2, 0.25) is 0 Å². The van der Waals surface area contributed by atoms with Crippen molar-refractivity contribution in [3.05, 3.63) is 28.2 Å². The minimum atomic E-state index is 0.599. The first-order valence-corrected chi connectivity index (χ1v) is 6.44. The second-order valence-corrected chi connectivity index (χ2v) is 5.24. The molecule has 1 aliphatic carbocycles. The molecule has 1 fully saturated rings. The highest BCUT2D eigenvalue weighted by atomic mass is 79.9. The van der Waals surface area contributed by atoms with E-state index in [-0.39, 0.29) is 0 Å². The minimum Gasteiger partial charge on any atom is -0.371 e. The van der Waals surface area contributed by atoms with E-state index >= 15 is 0 Å². The molecule has 0 radical (unpaired) electrons. The molecule has 84 valence electrons. The molecule has 0 unspecified atom stereocenters. The first-order valence-electron chi connectivity index (χ1n) is 5.65. The van der Waals surface area contributed by atoms with Crippen LogP contribution in [0.2, 0.25) is 0 Å². The lowest BCUT2D eigenvalue weighted by Gasteiger charge is -2.27. The summed E-state index contributed by atoms with van der Waals surface area (Å²) in [5, 5.41) is 9.11. The zero-order chi connectivity index (χ0) is 11.5. The van der Waals surface area contributed by atoms with Crippen LogP contribution in [0.15, 0.2) is 22.7 Å². The fourth-order valence-corrected chi connectivity index (χ4v) is 2.73. The molecule has 0 bridgehead atoms. The van der Waals surface area contributed by atoms with Gasteiger partial charge < -0.3 is 4.90 Å². The number of anilines is 1. The fraction of sp³-hybridized carbons (Fsp3) is 0.462. The highest BCUT2D eigenvalue weighted by Crippen LogP contribution is 2.30. The normalized spacial score (nSPS) is 16.1. The van der Waals surface area contributed by atoms with Gasteiger partial charge >= 0.3 is 0 Å². The summed E-state index contributed by atoms with van der Waals surface area (Å²) in [4.78, 5) is 2.26. The molecule has 2 nitrogen and oxygen atoms in total. The number of benzene rings is 1. The molecule has 16 heavy (non-hydrogen) atoms. The zero-order valence-corrected chi connectivity index (χ0v) is 11.0. The van der Waals surface area contributed by atoms with Gasteiger partial charge in [-0.1, -0.05) is 28.8 Å². The van der Waals surface area contributed by atoms with E-state index in [0.717, 1.165) is 15.7 Å². The van der Waals surface area contributed by atoms with Crippen molar-refractivity contribution in [2.24, 2.45) is 0 Å². The Balaban J connectivity index is 2.31. The molecule has 0 heterocycles. The number of nitriles is 1. The molecule has 0 aromatic heterocycles. The molecule has 0 saturated heterocycles. The summed E-state index contributed by atoms with van der Waals surface area (Å²) in [5.41, 5.74) is 1.81. The van der Waals surface area contributed by atoms with Crippen molar-refractivity contribution in [1.82, 2.24) is 0 Å². The second kappa shape index (κ2) is 4.88. The molecule has 0 spiro atoms. The molecule has 0 amide bonds. The Hall–Kier alpha value is -1.01. The van der Waals surface area contributed by atoms with Crippen LogP contribution in [0.3, 0.4) is 0 Å². The molecule has 1 aromatic rings. The summed E-state index contributed by atoms with van der Waals surface area (Å²) in [6, 6.07) is 8.70. The van der Waals surface area contributed by atoms with E-state index in [1.807, 2.05) is 18.2 Å². The highest BCUT2D eigenvalue weighted by molar-refractivity contribution is 9.10. The first-order chi connectivity index (χ1) is 7.72. The molecule has 0 atom stereocenters. The number of nitrogens with zero attached hydrogens (tertiary/aromatic N) is 2. The Morgan fingerprint density at radius 2 is 2.06 bits per heavy atom. The molecule has 1 aromatic carbocycles. The van der Waals surface area contributed by atoms with Crippen LogP contribution in [0.1, 0.15) is 31.2 Å². The van der Waals surface area contributed by atoms with Gasteiger partial charge in [-0.05, 0) is 31.0 Å². The Morgan fingerprint density at radius 1 is 1.38 bits per heavy atom. The molecule has 0 N–H and O–H groups in total. The predicted molar refractivity (Wildman–Crippen MR) is 69.5 cm³/mol. The Bertz CT molecular complexity index is 416. The topological polar surface area (TPSA) is 27.0 Å². The van der Waals surface area contributed by atoms with Gasteiger partial charge in [0.05, 0.1) is 11.3 Å². The second-order valence-electron chi connectivity index (χ2n) is 4.32. The summed E-state index contributed by atoms with van der Waals surface area (Å²) in [6.07, 6.45) is 5.11. The van der Waals surface area contributed by atoms with Gasteiger partial charge in [0.1, 0.15) is 6.07 Å². The molecular weight excluding hydrogens is 264 g/mol. The Kier molecular flexibility index (Phi) is 3.50. The van der Waals surface area contributed by atoms with Crippen molar-refractivity contribution in [3.8, 4) is 6.07 Å². The first kappa shape index (κ1) is 11.5. The quantitative estimate of drug-likeness (QED) is 0.825. The summed E-state index contributed by atoms with van der Waals surface area (Å²) in [5.74, 6) is 0. The molecule has 1 aliphatic rings. The average Bonchev–Trinajstić information content (AvgIpc) is 2.81. The smallest absolute Gasteiger partial charge is 0.101 e. The number of halogens is 1. The fourth-order valence-electron chi connectivity index (χ4n) is 2.38. The van der Waals surface area contributed by atoms with E-state index in [1.54, 1.807) is 0 Å². The highest BCUT2D eigenvalue weighted by Gasteiger charge is 2.21. The maximum Gasteiger partial charge on any atom is 0.101 e. The lowest BCUT2D eigenvalue weighted by molar-refractivity contribution is 0.652. The number of rotatable bonds is 2. The lowest BCUT2D eigenvalue weighted by atomic mass is 10.1. The van der Waals surface area contributed by atoms with Gasteiger partial charge in [-0.2, -0.15) is 5.26 Å². The van der Waals surface area contributed by atoms with Crippen molar-refractivity contribution in [1.29, 1.82) is 5.26 Å². The van der Waals surface area contributed by atoms with Gasteiger partial charge in [-0.15, -0.1) is 0 Å². The molecule has 1 saturated carbocycles. The van der Waals surface area contributed by atoms with E-state index in [1.165, 1.54) is 25.7 Å². The van der Waals surface area contributed by atoms with Crippen LogP contribution in [0, 0.1) is 11.3 Å². The number of hydrogen-bond acceptors (Lipinski definition) is 2. The molecule has 3 heteroatoms. The SMILES string of the molecule is CN(c1cc(Br)ccc1C#N)C1CCCC1. The van der Waals surface area contributed by atoms with Crippen molar-refractivity contribution in [2.75, 3.05) is 11.9 Å². The Morgan fingerprint density at radius 3 is 2.69 bits per heavy atom. The van der Waals surface area contributed by atoms with Crippen LogP contribution < -0.4 is 4.90 Å². The third-order valence-corrected chi connectivity index (χ3v) is 3.83. The average molecular weight is 279 g/mol. The van der Waals surface area contributed by atoms with E-state index < -0.39 is 0 Å². The van der Waals surface area contributed by atoms with Crippen LogP contribution in [-0.4, -0.2) is 13.1 Å². The summed E-state index contributed by atoms with van der Waals surface area (Å²) >= 11 is 3.47. The van der Waals surface area contributed by atoms with Crippen molar-refractivity contribution in [2.45, 2.75) is 31.7 Å². The van der Waals surface area contributed by atoms with Gasteiger partial charge in [0.15, 0.2) is 0 Å². The van der Waals surface area contributed by atoms with E-state index in [9.17, 15) is 0 Å². The van der Waals surface area contributed by atoms with Crippen molar-refractivity contribution in [3.63, 3.8) is 0 Å². The van der Waals surface area contributed by atoms with E-state index in [4.69, 9.17) is 5.26 Å².